The first-order valence-corrected chi connectivity index (χ1v) is 6.19. The number of halogens is 1. The predicted octanol–water partition coefficient (Wildman–Crippen LogP) is 2.51. The average molecular weight is 270 g/mol. The molecule has 0 aromatic heterocycles. The van der Waals surface area contributed by atoms with Gasteiger partial charge in [0.15, 0.2) is 0 Å². The van der Waals surface area contributed by atoms with Crippen molar-refractivity contribution in [2.45, 2.75) is 31.2 Å². The molecule has 1 heterocycles. The van der Waals surface area contributed by atoms with Crippen molar-refractivity contribution in [3.63, 3.8) is 0 Å². The second-order valence-electron chi connectivity index (χ2n) is 4.47. The van der Waals surface area contributed by atoms with E-state index in [1.54, 1.807) is 0 Å². The minimum absolute atomic E-state index is 0. The van der Waals surface area contributed by atoms with Crippen molar-refractivity contribution in [2.24, 2.45) is 0 Å². The fraction of sp³-hybridized carbons (Fsp3) is 0.500. The summed E-state index contributed by atoms with van der Waals surface area (Å²) in [6.45, 7) is 0.991. The van der Waals surface area contributed by atoms with Crippen LogP contribution in [-0.2, 0) is 9.53 Å². The van der Waals surface area contributed by atoms with Crippen LogP contribution >= 0.6 is 12.4 Å². The Kier molecular flexibility index (Phi) is 6.16. The van der Waals surface area contributed by atoms with E-state index in [1.165, 1.54) is 20.0 Å². The van der Waals surface area contributed by atoms with E-state index in [0.29, 0.717) is 0 Å². The van der Waals surface area contributed by atoms with E-state index in [0.717, 1.165) is 18.5 Å². The molecule has 4 heteroatoms. The smallest absolute Gasteiger partial charge is 0.314 e. The van der Waals surface area contributed by atoms with Crippen molar-refractivity contribution in [1.29, 1.82) is 0 Å². The van der Waals surface area contributed by atoms with Crippen molar-refractivity contribution in [3.05, 3.63) is 35.9 Å². The zero-order valence-corrected chi connectivity index (χ0v) is 11.4. The molecule has 1 aromatic rings. The number of piperidine rings is 1. The van der Waals surface area contributed by atoms with Gasteiger partial charge in [0.1, 0.15) is 0 Å². The third-order valence-corrected chi connectivity index (χ3v) is 3.36. The monoisotopic (exact) mass is 269 g/mol. The maximum Gasteiger partial charge on any atom is 0.314 e. The third kappa shape index (κ3) is 3.47. The van der Waals surface area contributed by atoms with Crippen molar-refractivity contribution < 1.29 is 9.53 Å². The van der Waals surface area contributed by atoms with E-state index in [9.17, 15) is 4.79 Å². The number of benzene rings is 1. The van der Waals surface area contributed by atoms with Gasteiger partial charge in [0.25, 0.3) is 0 Å². The lowest BCUT2D eigenvalue weighted by Gasteiger charge is -2.29. The molecule has 0 aliphatic carbocycles. The summed E-state index contributed by atoms with van der Waals surface area (Å²) in [6, 6.07) is 10.1. The summed E-state index contributed by atoms with van der Waals surface area (Å²) in [7, 11) is 1.46. The lowest BCUT2D eigenvalue weighted by Crippen LogP contribution is -2.42. The molecule has 0 amide bonds. The van der Waals surface area contributed by atoms with Crippen molar-refractivity contribution in [2.75, 3.05) is 13.7 Å². The Morgan fingerprint density at radius 2 is 2.06 bits per heavy atom. The SMILES string of the molecule is COC(=O)[C@@H](c1ccccc1)C1CCCCN1.Cl. The number of hydrogen-bond donors (Lipinski definition) is 1. The van der Waals surface area contributed by atoms with Gasteiger partial charge < -0.3 is 10.1 Å². The highest BCUT2D eigenvalue weighted by molar-refractivity contribution is 5.85. The Balaban J connectivity index is 0.00000162. The Labute approximate surface area is 114 Å². The highest BCUT2D eigenvalue weighted by Gasteiger charge is 2.31. The van der Waals surface area contributed by atoms with Crippen molar-refractivity contribution in [3.8, 4) is 0 Å². The Hall–Kier alpha value is -1.06. The van der Waals surface area contributed by atoms with Crippen LogP contribution in [0.15, 0.2) is 30.3 Å². The Morgan fingerprint density at radius 3 is 2.61 bits per heavy atom. The molecule has 2 rings (SSSR count). The van der Waals surface area contributed by atoms with E-state index in [2.05, 4.69) is 5.32 Å². The van der Waals surface area contributed by atoms with E-state index < -0.39 is 0 Å². The third-order valence-electron chi connectivity index (χ3n) is 3.36. The molecule has 1 aromatic carbocycles. The van der Waals surface area contributed by atoms with Crippen molar-refractivity contribution in [1.82, 2.24) is 5.32 Å². The van der Waals surface area contributed by atoms with Gasteiger partial charge in [-0.1, -0.05) is 36.8 Å². The largest absolute Gasteiger partial charge is 0.469 e. The van der Waals surface area contributed by atoms with Crippen LogP contribution in [0, 0.1) is 0 Å². The number of esters is 1. The van der Waals surface area contributed by atoms with Crippen LogP contribution in [0.3, 0.4) is 0 Å². The first-order valence-electron chi connectivity index (χ1n) is 6.19. The van der Waals surface area contributed by atoms with Crippen LogP contribution < -0.4 is 5.32 Å². The molecule has 18 heavy (non-hydrogen) atoms. The molecule has 2 atom stereocenters. The molecular weight excluding hydrogens is 250 g/mol. The van der Waals surface area contributed by atoms with Crippen LogP contribution in [0.2, 0.25) is 0 Å². The highest BCUT2D eigenvalue weighted by Crippen LogP contribution is 2.26. The minimum atomic E-state index is -0.179. The first-order chi connectivity index (χ1) is 8.33. The first kappa shape index (κ1) is 15.0. The van der Waals surface area contributed by atoms with Crippen molar-refractivity contribution >= 4 is 18.4 Å². The van der Waals surface area contributed by atoms with Crippen LogP contribution in [0.5, 0.6) is 0 Å². The average Bonchev–Trinajstić information content (AvgIpc) is 2.41. The summed E-state index contributed by atoms with van der Waals surface area (Å²) in [5.41, 5.74) is 1.04. The molecule has 1 aliphatic heterocycles. The number of carbonyl (C=O) groups excluding carboxylic acids is 1. The fourth-order valence-electron chi connectivity index (χ4n) is 2.48. The molecule has 1 saturated heterocycles. The standard InChI is InChI=1S/C14H19NO2.ClH/c1-17-14(16)13(11-7-3-2-4-8-11)12-9-5-6-10-15-12;/h2-4,7-8,12-13,15H,5-6,9-10H2,1H3;1H/t12?,13-;/m0./s1. The zero-order valence-electron chi connectivity index (χ0n) is 10.6. The summed E-state index contributed by atoms with van der Waals surface area (Å²) < 4.78 is 4.94. The van der Waals surface area contributed by atoms with Crippen LogP contribution in [-0.4, -0.2) is 25.7 Å². The molecule has 1 fully saturated rings. The molecule has 1 unspecified atom stereocenters. The summed E-state index contributed by atoms with van der Waals surface area (Å²) in [6.07, 6.45) is 3.41. The summed E-state index contributed by atoms with van der Waals surface area (Å²) in [5, 5.41) is 3.43. The van der Waals surface area contributed by atoms with Crippen LogP contribution in [0.25, 0.3) is 0 Å². The summed E-state index contributed by atoms with van der Waals surface area (Å²) in [5.74, 6) is -0.322. The number of ether oxygens (including phenoxy) is 1. The molecule has 0 saturated carbocycles. The van der Waals surface area contributed by atoms with Gasteiger partial charge in [0.05, 0.1) is 13.0 Å². The lowest BCUT2D eigenvalue weighted by atomic mass is 9.86. The molecular formula is C14H20ClNO2. The van der Waals surface area contributed by atoms with Gasteiger partial charge in [-0.05, 0) is 24.9 Å². The summed E-state index contributed by atoms with van der Waals surface area (Å²) >= 11 is 0. The van der Waals surface area contributed by atoms with E-state index in [-0.39, 0.29) is 30.3 Å². The van der Waals surface area contributed by atoms with E-state index >= 15 is 0 Å². The number of rotatable bonds is 3. The van der Waals surface area contributed by atoms with Gasteiger partial charge >= 0.3 is 5.97 Å². The Bertz CT molecular complexity index is 363. The van der Waals surface area contributed by atoms with Crippen LogP contribution in [0.1, 0.15) is 30.7 Å². The molecule has 1 N–H and O–H groups in total. The molecule has 100 valence electrons. The van der Waals surface area contributed by atoms with Gasteiger partial charge in [0.2, 0.25) is 0 Å². The van der Waals surface area contributed by atoms with Gasteiger partial charge in [-0.3, -0.25) is 4.79 Å². The van der Waals surface area contributed by atoms with E-state index in [1.807, 2.05) is 30.3 Å². The molecule has 0 spiro atoms. The molecule has 0 radical (unpaired) electrons. The number of carbonyl (C=O) groups is 1. The number of methoxy groups -OCH3 is 1. The van der Waals surface area contributed by atoms with Gasteiger partial charge in [-0.25, -0.2) is 0 Å². The second-order valence-corrected chi connectivity index (χ2v) is 4.47. The zero-order chi connectivity index (χ0) is 12.1. The Morgan fingerprint density at radius 1 is 1.33 bits per heavy atom. The second kappa shape index (κ2) is 7.39. The number of hydrogen-bond acceptors (Lipinski definition) is 3. The number of nitrogens with one attached hydrogen (secondary N) is 1. The topological polar surface area (TPSA) is 38.3 Å². The quantitative estimate of drug-likeness (QED) is 0.857. The minimum Gasteiger partial charge on any atom is -0.469 e. The molecule has 3 nitrogen and oxygen atoms in total. The highest BCUT2D eigenvalue weighted by atomic mass is 35.5. The van der Waals surface area contributed by atoms with Gasteiger partial charge in [0, 0.05) is 6.04 Å². The van der Waals surface area contributed by atoms with Crippen LogP contribution in [0.4, 0.5) is 0 Å². The van der Waals surface area contributed by atoms with Gasteiger partial charge in [-0.15, -0.1) is 12.4 Å². The van der Waals surface area contributed by atoms with Gasteiger partial charge in [-0.2, -0.15) is 0 Å². The maximum absolute atomic E-state index is 11.9. The normalized spacial score (nSPS) is 20.6. The maximum atomic E-state index is 11.9. The molecule has 1 aliphatic rings. The predicted molar refractivity (Wildman–Crippen MR) is 74.1 cm³/mol. The fourth-order valence-corrected chi connectivity index (χ4v) is 2.48. The molecule has 0 bridgehead atoms. The van der Waals surface area contributed by atoms with E-state index in [4.69, 9.17) is 4.74 Å². The summed E-state index contributed by atoms with van der Waals surface area (Å²) in [4.78, 5) is 11.9. The lowest BCUT2D eigenvalue weighted by molar-refractivity contribution is -0.143.